The van der Waals surface area contributed by atoms with Crippen LogP contribution in [0.25, 0.3) is 0 Å². The third-order valence-corrected chi connectivity index (χ3v) is 9.37. The van der Waals surface area contributed by atoms with Crippen LogP contribution in [0, 0.1) is 17.3 Å². The lowest BCUT2D eigenvalue weighted by Gasteiger charge is -2.59. The zero-order chi connectivity index (χ0) is 19.2. The van der Waals surface area contributed by atoms with Crippen LogP contribution in [0.1, 0.15) is 44.1 Å². The molecule has 1 aromatic carbocycles. The summed E-state index contributed by atoms with van der Waals surface area (Å²) in [5, 5.41) is 3.28. The average Bonchev–Trinajstić information content (AvgIpc) is 2.66. The van der Waals surface area contributed by atoms with E-state index in [1.807, 2.05) is 0 Å². The Labute approximate surface area is 181 Å². The van der Waals surface area contributed by atoms with Gasteiger partial charge in [0.1, 0.15) is 0 Å². The fraction of sp³-hybridized carbons (Fsp3) is 0.696. The third-order valence-electron chi connectivity index (χ3n) is 7.50. The van der Waals surface area contributed by atoms with Crippen molar-refractivity contribution in [1.82, 2.24) is 4.90 Å². The maximum atomic E-state index is 13.3. The zero-order valence-corrected chi connectivity index (χ0v) is 19.0. The first-order chi connectivity index (χ1) is 13.5. The van der Waals surface area contributed by atoms with E-state index in [1.165, 1.54) is 49.4 Å². The highest BCUT2D eigenvalue weighted by Gasteiger charge is 2.59. The predicted octanol–water partition coefficient (Wildman–Crippen LogP) is 4.95. The lowest BCUT2D eigenvalue weighted by atomic mass is 9.49. The van der Waals surface area contributed by atoms with E-state index in [0.29, 0.717) is 0 Å². The summed E-state index contributed by atoms with van der Waals surface area (Å²) in [5.74, 6) is 4.28. The van der Waals surface area contributed by atoms with Gasteiger partial charge < -0.3 is 10.2 Å². The molecule has 152 valence electrons. The first kappa shape index (κ1) is 19.4. The second-order valence-electron chi connectivity index (χ2n) is 9.75. The molecule has 2 unspecified atom stereocenters. The molecule has 5 heteroatoms. The molecule has 1 aliphatic heterocycles. The molecule has 1 amide bonds. The van der Waals surface area contributed by atoms with Crippen LogP contribution in [0.3, 0.4) is 0 Å². The molecule has 4 aliphatic carbocycles. The molecule has 5 aliphatic rings. The van der Waals surface area contributed by atoms with Gasteiger partial charge in [-0.25, -0.2) is 0 Å². The average molecular weight is 463 g/mol. The maximum Gasteiger partial charge on any atom is 0.230 e. The number of alkyl halides is 1. The number of hydrogen-bond donors (Lipinski definition) is 1. The molecule has 4 bridgehead atoms. The molecule has 1 heterocycles. The molecule has 0 radical (unpaired) electrons. The van der Waals surface area contributed by atoms with E-state index in [9.17, 15) is 4.79 Å². The summed E-state index contributed by atoms with van der Waals surface area (Å²) >= 11 is 6.08. The smallest absolute Gasteiger partial charge is 0.230 e. The highest BCUT2D eigenvalue weighted by atomic mass is 79.9. The Bertz CT molecular complexity index is 717. The number of amides is 1. The van der Waals surface area contributed by atoms with E-state index in [1.54, 1.807) is 0 Å². The van der Waals surface area contributed by atoms with E-state index in [2.05, 4.69) is 62.2 Å². The number of carbonyl (C=O) groups is 1. The van der Waals surface area contributed by atoms with Gasteiger partial charge in [-0.05, 0) is 74.5 Å². The van der Waals surface area contributed by atoms with E-state index in [4.69, 9.17) is 0 Å². The van der Waals surface area contributed by atoms with Crippen molar-refractivity contribution in [2.45, 2.75) is 49.3 Å². The largest absolute Gasteiger partial charge is 0.326 e. The third kappa shape index (κ3) is 3.91. The van der Waals surface area contributed by atoms with Gasteiger partial charge in [0.05, 0.1) is 5.41 Å². The van der Waals surface area contributed by atoms with Gasteiger partial charge in [0.25, 0.3) is 0 Å². The summed E-state index contributed by atoms with van der Waals surface area (Å²) < 4.78 is 0.227. The molecule has 4 saturated carbocycles. The Balaban J connectivity index is 1.20. The second kappa shape index (κ2) is 7.63. The zero-order valence-electron chi connectivity index (χ0n) is 16.6. The van der Waals surface area contributed by atoms with Crippen LogP contribution in [0.15, 0.2) is 24.3 Å². The monoisotopic (exact) mass is 462 g/mol. The molecule has 5 fully saturated rings. The molecular weight excluding hydrogens is 432 g/mol. The SMILES string of the molecule is O=C(Nc1ccc(CCN2CCSCC2)cc1)C12CC3CC(CC(Br)(C3)C1)C2. The van der Waals surface area contributed by atoms with Gasteiger partial charge in [0.15, 0.2) is 0 Å². The standard InChI is InChI=1S/C23H31BrN2OS/c24-23-14-18-11-19(15-23)13-22(12-18,16-23)21(27)25-20-3-1-17(2-4-20)5-6-26-7-9-28-10-8-26/h1-4,18-19H,5-16H2,(H,25,27). The van der Waals surface area contributed by atoms with Gasteiger partial charge in [-0.3, -0.25) is 4.79 Å². The van der Waals surface area contributed by atoms with Gasteiger partial charge in [0, 0.05) is 41.2 Å². The number of halogens is 1. The number of carbonyl (C=O) groups excluding carboxylic acids is 1. The van der Waals surface area contributed by atoms with Crippen LogP contribution >= 0.6 is 27.7 Å². The molecule has 6 rings (SSSR count). The topological polar surface area (TPSA) is 32.3 Å². The van der Waals surface area contributed by atoms with E-state index < -0.39 is 0 Å². The van der Waals surface area contributed by atoms with Crippen LogP contribution in [0.4, 0.5) is 5.69 Å². The molecule has 28 heavy (non-hydrogen) atoms. The Hall–Kier alpha value is -0.520. The van der Waals surface area contributed by atoms with Crippen molar-refractivity contribution in [3.8, 4) is 0 Å². The number of hydrogen-bond acceptors (Lipinski definition) is 3. The van der Waals surface area contributed by atoms with Gasteiger partial charge in [-0.2, -0.15) is 11.8 Å². The lowest BCUT2D eigenvalue weighted by Crippen LogP contribution is -2.57. The molecule has 1 saturated heterocycles. The van der Waals surface area contributed by atoms with Crippen molar-refractivity contribution < 1.29 is 4.79 Å². The van der Waals surface area contributed by atoms with Crippen molar-refractivity contribution in [2.24, 2.45) is 17.3 Å². The van der Waals surface area contributed by atoms with Crippen LogP contribution in [0.5, 0.6) is 0 Å². The number of nitrogens with one attached hydrogen (secondary N) is 1. The fourth-order valence-corrected chi connectivity index (χ4v) is 8.98. The quantitative estimate of drug-likeness (QED) is 0.628. The molecule has 3 nitrogen and oxygen atoms in total. The van der Waals surface area contributed by atoms with E-state index in [-0.39, 0.29) is 15.6 Å². The highest BCUT2D eigenvalue weighted by Crippen LogP contribution is 2.64. The van der Waals surface area contributed by atoms with Crippen LogP contribution in [-0.2, 0) is 11.2 Å². The number of anilines is 1. The summed E-state index contributed by atoms with van der Waals surface area (Å²) in [6.07, 6.45) is 8.17. The summed E-state index contributed by atoms with van der Waals surface area (Å²) in [7, 11) is 0. The van der Waals surface area contributed by atoms with Crippen LogP contribution in [-0.4, -0.2) is 46.3 Å². The van der Waals surface area contributed by atoms with Crippen LogP contribution in [0.2, 0.25) is 0 Å². The molecular formula is C23H31BrN2OS. The van der Waals surface area contributed by atoms with Crippen molar-refractivity contribution in [2.75, 3.05) is 36.5 Å². The van der Waals surface area contributed by atoms with E-state index >= 15 is 0 Å². The van der Waals surface area contributed by atoms with Crippen LogP contribution < -0.4 is 5.32 Å². The van der Waals surface area contributed by atoms with Crippen molar-refractivity contribution in [3.63, 3.8) is 0 Å². The summed E-state index contributed by atoms with van der Waals surface area (Å²) in [6, 6.07) is 8.59. The van der Waals surface area contributed by atoms with Crippen molar-refractivity contribution in [3.05, 3.63) is 29.8 Å². The predicted molar refractivity (Wildman–Crippen MR) is 121 cm³/mol. The van der Waals surface area contributed by atoms with Gasteiger partial charge in [-0.15, -0.1) is 0 Å². The lowest BCUT2D eigenvalue weighted by molar-refractivity contribution is -0.138. The number of thioether (sulfide) groups is 1. The first-order valence-corrected chi connectivity index (χ1v) is 12.9. The summed E-state index contributed by atoms with van der Waals surface area (Å²) in [5.41, 5.74) is 2.19. The summed E-state index contributed by atoms with van der Waals surface area (Å²) in [6.45, 7) is 3.58. The normalized spacial score (nSPS) is 37.2. The Morgan fingerprint density at radius 1 is 1.11 bits per heavy atom. The van der Waals surface area contributed by atoms with Gasteiger partial charge in [-0.1, -0.05) is 28.1 Å². The van der Waals surface area contributed by atoms with Gasteiger partial charge >= 0.3 is 0 Å². The van der Waals surface area contributed by atoms with Gasteiger partial charge in [0.2, 0.25) is 5.91 Å². The summed E-state index contributed by atoms with van der Waals surface area (Å²) in [4.78, 5) is 15.8. The minimum Gasteiger partial charge on any atom is -0.326 e. The Morgan fingerprint density at radius 3 is 2.43 bits per heavy atom. The number of nitrogens with zero attached hydrogens (tertiary/aromatic N) is 1. The maximum absolute atomic E-state index is 13.3. The molecule has 1 aromatic rings. The second-order valence-corrected chi connectivity index (χ2v) is 12.7. The van der Waals surface area contributed by atoms with E-state index in [0.717, 1.165) is 49.8 Å². The Morgan fingerprint density at radius 2 is 1.79 bits per heavy atom. The number of benzene rings is 1. The molecule has 2 atom stereocenters. The number of rotatable bonds is 5. The fourth-order valence-electron chi connectivity index (χ4n) is 6.55. The minimum atomic E-state index is -0.140. The molecule has 0 spiro atoms. The first-order valence-electron chi connectivity index (χ1n) is 10.9. The van der Waals surface area contributed by atoms with Crippen molar-refractivity contribution in [1.29, 1.82) is 0 Å². The molecule has 0 aromatic heterocycles. The van der Waals surface area contributed by atoms with Crippen molar-refractivity contribution >= 4 is 39.3 Å². The minimum absolute atomic E-state index is 0.140. The molecule has 1 N–H and O–H groups in total. The Kier molecular flexibility index (Phi) is 5.30. The highest BCUT2D eigenvalue weighted by molar-refractivity contribution is 9.10.